The van der Waals surface area contributed by atoms with E-state index in [0.29, 0.717) is 48.2 Å². The monoisotopic (exact) mass is 597 g/mol. The van der Waals surface area contributed by atoms with Crippen LogP contribution in [0.25, 0.3) is 11.8 Å². The molecule has 0 amide bonds. The molecule has 6 rings (SSSR count). The molecule has 2 aliphatic heterocycles. The summed E-state index contributed by atoms with van der Waals surface area (Å²) in [5.41, 5.74) is 1.14. The van der Waals surface area contributed by atoms with E-state index in [1.165, 1.54) is 0 Å². The number of benzene rings is 2. The van der Waals surface area contributed by atoms with Crippen LogP contribution >= 0.6 is 10.2 Å². The lowest BCUT2D eigenvalue weighted by atomic mass is 9.81. The van der Waals surface area contributed by atoms with Gasteiger partial charge in [-0.15, -0.1) is 0 Å². The number of aliphatic hydroxyl groups excluding tert-OH is 1. The fourth-order valence-electron chi connectivity index (χ4n) is 5.61. The maximum absolute atomic E-state index is 13.4. The van der Waals surface area contributed by atoms with Crippen molar-refractivity contribution in [3.05, 3.63) is 71.3 Å². The second-order valence-corrected chi connectivity index (χ2v) is 13.4. The van der Waals surface area contributed by atoms with Crippen LogP contribution in [-0.4, -0.2) is 57.5 Å². The molecule has 1 spiro atoms. The Morgan fingerprint density at radius 1 is 1.10 bits per heavy atom. The highest BCUT2D eigenvalue weighted by Crippen LogP contribution is 3.02. The Morgan fingerprint density at radius 2 is 1.83 bits per heavy atom. The molecule has 1 aromatic heterocycles. The van der Waals surface area contributed by atoms with Gasteiger partial charge < -0.3 is 19.6 Å². The maximum Gasteiger partial charge on any atom is 0.310 e. The summed E-state index contributed by atoms with van der Waals surface area (Å²) in [7, 11) is -8.30. The van der Waals surface area contributed by atoms with Crippen molar-refractivity contribution >= 4 is 22.1 Å². The molecule has 3 heterocycles. The molecule has 8 nitrogen and oxygen atoms in total. The first-order valence-corrected chi connectivity index (χ1v) is 14.8. The Kier molecular flexibility index (Phi) is 5.67. The molecule has 0 radical (unpaired) electrons. The standard InChI is InChI=1S/C27H28F5N5O3S/c1-18-33-17-37(34-18)23-8-3-19(12-24(23)39-2)11-20-13-26(9-10-26)14-36-25(20)35-40-16-27(36,15-38)21-4-6-22(7-5-21)41(28,29,30,31)32/h3-8,11-12,17,38H,9-10,13-16H2,1-2H3. The number of aromatic nitrogens is 3. The van der Waals surface area contributed by atoms with Crippen LogP contribution in [0.15, 0.2) is 64.4 Å². The van der Waals surface area contributed by atoms with E-state index < -0.39 is 27.3 Å². The number of nitrogens with zero attached hydrogens (tertiary/aromatic N) is 5. The first kappa shape index (κ1) is 27.5. The van der Waals surface area contributed by atoms with E-state index in [4.69, 9.17) is 9.57 Å². The molecule has 2 aromatic carbocycles. The van der Waals surface area contributed by atoms with Gasteiger partial charge in [0.2, 0.25) is 0 Å². The average molecular weight is 598 g/mol. The maximum atomic E-state index is 13.4. The molecule has 1 N–H and O–H groups in total. The number of ether oxygens (including phenoxy) is 1. The second-order valence-electron chi connectivity index (χ2n) is 11.0. The minimum Gasteiger partial charge on any atom is -0.494 e. The van der Waals surface area contributed by atoms with Gasteiger partial charge >= 0.3 is 10.2 Å². The van der Waals surface area contributed by atoms with Gasteiger partial charge in [-0.1, -0.05) is 42.8 Å². The number of amidine groups is 1. The molecular weight excluding hydrogens is 569 g/mol. The second kappa shape index (κ2) is 8.44. The molecule has 14 heteroatoms. The van der Waals surface area contributed by atoms with E-state index in [2.05, 4.69) is 15.2 Å². The fraction of sp³-hybridized carbons (Fsp3) is 0.370. The predicted molar refractivity (Wildman–Crippen MR) is 144 cm³/mol. The van der Waals surface area contributed by atoms with Crippen LogP contribution in [0.1, 0.15) is 36.2 Å². The molecule has 220 valence electrons. The van der Waals surface area contributed by atoms with E-state index in [1.54, 1.807) is 25.0 Å². The zero-order valence-electron chi connectivity index (χ0n) is 22.2. The molecule has 1 atom stereocenters. The number of methoxy groups -OCH3 is 1. The number of fused-ring (bicyclic) bond motifs is 1. The SMILES string of the molecule is COc1cc(C=C2CC3(CC3)CN3C2=NOCC3(CO)c2ccc(S(F)(F)(F)(F)F)cc2)ccc1-n1cnc(C)n1. The van der Waals surface area contributed by atoms with Crippen molar-refractivity contribution in [1.82, 2.24) is 19.7 Å². The Balaban J connectivity index is 1.39. The number of aryl methyl sites for hydroxylation is 1. The van der Waals surface area contributed by atoms with E-state index >= 15 is 0 Å². The van der Waals surface area contributed by atoms with Crippen LogP contribution in [0, 0.1) is 12.3 Å². The smallest absolute Gasteiger partial charge is 0.310 e. The van der Waals surface area contributed by atoms with Gasteiger partial charge in [0, 0.05) is 6.54 Å². The van der Waals surface area contributed by atoms with Gasteiger partial charge in [0.15, 0.2) is 5.84 Å². The van der Waals surface area contributed by atoms with E-state index in [9.17, 15) is 24.5 Å². The Labute approximate surface area is 232 Å². The van der Waals surface area contributed by atoms with Gasteiger partial charge in [0.05, 0.1) is 13.7 Å². The molecule has 0 bridgehead atoms. The number of hydrogen-bond acceptors (Lipinski definition) is 7. The summed E-state index contributed by atoms with van der Waals surface area (Å²) in [6.07, 6.45) is 6.06. The van der Waals surface area contributed by atoms with Crippen LogP contribution in [0.4, 0.5) is 19.4 Å². The van der Waals surface area contributed by atoms with Crippen LogP contribution in [-0.2, 0) is 10.4 Å². The predicted octanol–water partition coefficient (Wildman–Crippen LogP) is 6.34. The minimum atomic E-state index is -9.85. The van der Waals surface area contributed by atoms with E-state index in [1.807, 2.05) is 29.2 Å². The number of hydrogen-bond donors (Lipinski definition) is 1. The lowest BCUT2D eigenvalue weighted by Gasteiger charge is -2.51. The molecule has 41 heavy (non-hydrogen) atoms. The summed E-state index contributed by atoms with van der Waals surface area (Å²) in [6.45, 7) is 1.59. The Hall–Kier alpha value is -3.65. The van der Waals surface area contributed by atoms with Crippen LogP contribution in [0.5, 0.6) is 5.75 Å². The van der Waals surface area contributed by atoms with Crippen molar-refractivity contribution in [2.45, 2.75) is 36.6 Å². The van der Waals surface area contributed by atoms with Crippen molar-refractivity contribution in [2.75, 3.05) is 26.9 Å². The molecule has 2 fully saturated rings. The first-order valence-electron chi connectivity index (χ1n) is 12.9. The van der Waals surface area contributed by atoms with Crippen molar-refractivity contribution in [1.29, 1.82) is 0 Å². The van der Waals surface area contributed by atoms with Crippen LogP contribution in [0.3, 0.4) is 0 Å². The molecule has 1 unspecified atom stereocenters. The summed E-state index contributed by atoms with van der Waals surface area (Å²) < 4.78 is 74.1. The summed E-state index contributed by atoms with van der Waals surface area (Å²) in [5.74, 6) is 1.62. The van der Waals surface area contributed by atoms with Gasteiger partial charge in [-0.25, -0.2) is 9.67 Å². The van der Waals surface area contributed by atoms with Gasteiger partial charge in [0.25, 0.3) is 0 Å². The third kappa shape index (κ3) is 4.92. The lowest BCUT2D eigenvalue weighted by Crippen LogP contribution is -2.60. The highest BCUT2D eigenvalue weighted by Gasteiger charge is 2.65. The van der Waals surface area contributed by atoms with Gasteiger partial charge in [-0.2, -0.15) is 5.10 Å². The molecule has 1 saturated heterocycles. The van der Waals surface area contributed by atoms with Crippen molar-refractivity contribution < 1.29 is 34.1 Å². The topological polar surface area (TPSA) is 85.0 Å². The van der Waals surface area contributed by atoms with Gasteiger partial charge in [-0.05, 0) is 78.6 Å². The normalized spacial score (nSPS) is 24.2. The number of oxime groups is 1. The van der Waals surface area contributed by atoms with Crippen molar-refractivity contribution in [2.24, 2.45) is 10.6 Å². The molecule has 1 aliphatic carbocycles. The summed E-state index contributed by atoms with van der Waals surface area (Å²) in [4.78, 5) is 9.59. The fourth-order valence-corrected chi connectivity index (χ4v) is 6.26. The number of halogens is 5. The van der Waals surface area contributed by atoms with Crippen molar-refractivity contribution in [3.63, 3.8) is 0 Å². The highest BCUT2D eigenvalue weighted by atomic mass is 32.5. The van der Waals surface area contributed by atoms with E-state index in [0.717, 1.165) is 36.1 Å². The Morgan fingerprint density at radius 3 is 2.41 bits per heavy atom. The molecule has 3 aromatic rings. The average Bonchev–Trinajstić information content (AvgIpc) is 3.52. The summed E-state index contributed by atoms with van der Waals surface area (Å²) in [6, 6.07) is 8.31. The van der Waals surface area contributed by atoms with E-state index in [-0.39, 0.29) is 17.6 Å². The highest BCUT2D eigenvalue weighted by molar-refractivity contribution is 8.45. The first-order chi connectivity index (χ1) is 19.1. The summed E-state index contributed by atoms with van der Waals surface area (Å²) >= 11 is 0. The third-order valence-electron chi connectivity index (χ3n) is 8.03. The lowest BCUT2D eigenvalue weighted by molar-refractivity contribution is -0.0458. The summed E-state index contributed by atoms with van der Waals surface area (Å²) in [5, 5.41) is 19.3. The van der Waals surface area contributed by atoms with Crippen LogP contribution in [0.2, 0.25) is 0 Å². The van der Waals surface area contributed by atoms with Gasteiger partial charge in [-0.3, -0.25) is 0 Å². The number of rotatable bonds is 6. The Bertz CT molecular complexity index is 1590. The zero-order chi connectivity index (χ0) is 29.3. The number of aliphatic hydroxyl groups is 1. The number of piperidine rings is 1. The quantitative estimate of drug-likeness (QED) is 0.334. The minimum absolute atomic E-state index is 0.103. The zero-order valence-corrected chi connectivity index (χ0v) is 23.1. The van der Waals surface area contributed by atoms with Crippen LogP contribution < -0.4 is 4.74 Å². The molecular formula is C27H28F5N5O3S. The largest absolute Gasteiger partial charge is 0.494 e. The van der Waals surface area contributed by atoms with Gasteiger partial charge in [0.1, 0.15) is 40.6 Å². The third-order valence-corrected chi connectivity index (χ3v) is 9.19. The molecule has 3 aliphatic rings. The molecule has 1 saturated carbocycles. The van der Waals surface area contributed by atoms with Crippen molar-refractivity contribution in [3.8, 4) is 11.4 Å².